The maximum absolute atomic E-state index is 11.8. The van der Waals surface area contributed by atoms with E-state index in [0.29, 0.717) is 12.5 Å². The fourth-order valence-electron chi connectivity index (χ4n) is 2.38. The summed E-state index contributed by atoms with van der Waals surface area (Å²) in [4.78, 5) is 11.8. The van der Waals surface area contributed by atoms with Gasteiger partial charge in [0.1, 0.15) is 0 Å². The van der Waals surface area contributed by atoms with Gasteiger partial charge < -0.3 is 9.88 Å². The molecule has 0 bridgehead atoms. The number of amides is 1. The van der Waals surface area contributed by atoms with Gasteiger partial charge >= 0.3 is 0 Å². The third-order valence-electron chi connectivity index (χ3n) is 3.23. The number of carbonyl (C=O) groups is 1. The highest BCUT2D eigenvalue weighted by Crippen LogP contribution is 2.17. The van der Waals surface area contributed by atoms with Gasteiger partial charge in [0.15, 0.2) is 0 Å². The number of carbonyl (C=O) groups excluding carboxylic acids is 1. The Bertz CT molecular complexity index is 351. The zero-order valence-corrected chi connectivity index (χ0v) is 9.91. The molecule has 1 fully saturated rings. The van der Waals surface area contributed by atoms with Gasteiger partial charge in [-0.2, -0.15) is 0 Å². The van der Waals surface area contributed by atoms with E-state index in [0.717, 1.165) is 18.4 Å². The molecule has 0 atom stereocenters. The quantitative estimate of drug-likeness (QED) is 0.830. The molecule has 1 heterocycles. The van der Waals surface area contributed by atoms with Crippen LogP contribution in [0.5, 0.6) is 0 Å². The average molecular weight is 220 g/mol. The van der Waals surface area contributed by atoms with Crippen molar-refractivity contribution in [2.45, 2.75) is 44.6 Å². The smallest absolute Gasteiger partial charge is 0.224 e. The van der Waals surface area contributed by atoms with Crippen LogP contribution < -0.4 is 5.32 Å². The molecule has 3 nitrogen and oxygen atoms in total. The van der Waals surface area contributed by atoms with E-state index >= 15 is 0 Å². The second-order valence-corrected chi connectivity index (χ2v) is 4.76. The van der Waals surface area contributed by atoms with Gasteiger partial charge in [-0.15, -0.1) is 0 Å². The zero-order valence-electron chi connectivity index (χ0n) is 9.91. The molecule has 1 aromatic rings. The summed E-state index contributed by atoms with van der Waals surface area (Å²) in [5.41, 5.74) is 1.09. The van der Waals surface area contributed by atoms with Crippen LogP contribution in [0.2, 0.25) is 0 Å². The molecule has 0 spiro atoms. The first-order chi connectivity index (χ1) is 7.74. The van der Waals surface area contributed by atoms with E-state index in [9.17, 15) is 4.79 Å². The van der Waals surface area contributed by atoms with Crippen molar-refractivity contribution in [3.8, 4) is 0 Å². The van der Waals surface area contributed by atoms with Crippen molar-refractivity contribution < 1.29 is 4.79 Å². The molecule has 1 aromatic heterocycles. The Hall–Kier alpha value is -1.25. The minimum Gasteiger partial charge on any atom is -0.357 e. The number of hydrogen-bond donors (Lipinski definition) is 1. The van der Waals surface area contributed by atoms with Crippen molar-refractivity contribution in [2.24, 2.45) is 7.05 Å². The fourth-order valence-corrected chi connectivity index (χ4v) is 2.38. The van der Waals surface area contributed by atoms with Crippen molar-refractivity contribution in [1.82, 2.24) is 9.88 Å². The third-order valence-corrected chi connectivity index (χ3v) is 3.23. The lowest BCUT2D eigenvalue weighted by Crippen LogP contribution is -2.37. The molecule has 1 saturated carbocycles. The van der Waals surface area contributed by atoms with Gasteiger partial charge in [0, 0.05) is 25.5 Å². The van der Waals surface area contributed by atoms with Crippen LogP contribution in [-0.2, 0) is 18.3 Å². The van der Waals surface area contributed by atoms with E-state index in [-0.39, 0.29) is 5.91 Å². The first kappa shape index (κ1) is 11.2. The molecule has 3 heteroatoms. The normalized spacial score (nSPS) is 17.3. The highest BCUT2D eigenvalue weighted by atomic mass is 16.1. The Morgan fingerprint density at radius 1 is 1.44 bits per heavy atom. The van der Waals surface area contributed by atoms with Crippen LogP contribution in [0.4, 0.5) is 0 Å². The zero-order chi connectivity index (χ0) is 11.4. The minimum atomic E-state index is 0.165. The third kappa shape index (κ3) is 3.12. The summed E-state index contributed by atoms with van der Waals surface area (Å²) >= 11 is 0. The fraction of sp³-hybridized carbons (Fsp3) is 0.615. The second-order valence-electron chi connectivity index (χ2n) is 4.76. The summed E-state index contributed by atoms with van der Waals surface area (Å²) < 4.78 is 1.98. The van der Waals surface area contributed by atoms with Crippen LogP contribution in [-0.4, -0.2) is 16.5 Å². The van der Waals surface area contributed by atoms with Gasteiger partial charge in [0.05, 0.1) is 6.42 Å². The highest BCUT2D eigenvalue weighted by molar-refractivity contribution is 5.78. The molecule has 16 heavy (non-hydrogen) atoms. The summed E-state index contributed by atoms with van der Waals surface area (Å²) in [6.07, 6.45) is 10.6. The van der Waals surface area contributed by atoms with Crippen LogP contribution in [0.3, 0.4) is 0 Å². The molecule has 1 amide bonds. The van der Waals surface area contributed by atoms with Gasteiger partial charge in [-0.25, -0.2) is 0 Å². The SMILES string of the molecule is Cn1ccc(CC(=O)NC2CCCCC2)c1. The molecule has 1 N–H and O–H groups in total. The maximum Gasteiger partial charge on any atom is 0.224 e. The lowest BCUT2D eigenvalue weighted by molar-refractivity contribution is -0.121. The van der Waals surface area contributed by atoms with Gasteiger partial charge in [-0.3, -0.25) is 4.79 Å². The summed E-state index contributed by atoms with van der Waals surface area (Å²) in [6, 6.07) is 2.42. The molecular formula is C13H20N2O. The number of nitrogens with one attached hydrogen (secondary N) is 1. The van der Waals surface area contributed by atoms with Crippen molar-refractivity contribution in [3.05, 3.63) is 24.0 Å². The number of aromatic nitrogens is 1. The molecule has 0 aliphatic heterocycles. The molecular weight excluding hydrogens is 200 g/mol. The Morgan fingerprint density at radius 3 is 2.81 bits per heavy atom. The second kappa shape index (κ2) is 5.19. The predicted molar refractivity (Wildman–Crippen MR) is 64.1 cm³/mol. The summed E-state index contributed by atoms with van der Waals surface area (Å²) in [7, 11) is 1.97. The molecule has 0 aromatic carbocycles. The highest BCUT2D eigenvalue weighted by Gasteiger charge is 2.15. The van der Waals surface area contributed by atoms with Gasteiger partial charge in [0.25, 0.3) is 0 Å². The lowest BCUT2D eigenvalue weighted by atomic mass is 9.95. The van der Waals surface area contributed by atoms with Gasteiger partial charge in [-0.05, 0) is 24.5 Å². The van der Waals surface area contributed by atoms with Gasteiger partial charge in [0.2, 0.25) is 5.91 Å². The number of rotatable bonds is 3. The van der Waals surface area contributed by atoms with Crippen molar-refractivity contribution in [3.63, 3.8) is 0 Å². The lowest BCUT2D eigenvalue weighted by Gasteiger charge is -2.22. The molecule has 1 aliphatic rings. The number of aryl methyl sites for hydroxylation is 1. The van der Waals surface area contributed by atoms with E-state index < -0.39 is 0 Å². The van der Waals surface area contributed by atoms with Crippen molar-refractivity contribution >= 4 is 5.91 Å². The van der Waals surface area contributed by atoms with E-state index in [1.165, 1.54) is 19.3 Å². The van der Waals surface area contributed by atoms with E-state index in [1.807, 2.05) is 30.1 Å². The van der Waals surface area contributed by atoms with Crippen LogP contribution in [0.25, 0.3) is 0 Å². The molecule has 1 aliphatic carbocycles. The van der Waals surface area contributed by atoms with Crippen LogP contribution in [0.1, 0.15) is 37.7 Å². The Balaban J connectivity index is 1.79. The average Bonchev–Trinajstić information content (AvgIpc) is 2.65. The molecule has 0 radical (unpaired) electrons. The maximum atomic E-state index is 11.8. The first-order valence-corrected chi connectivity index (χ1v) is 6.14. The van der Waals surface area contributed by atoms with E-state index in [1.54, 1.807) is 0 Å². The van der Waals surface area contributed by atoms with Crippen LogP contribution in [0, 0.1) is 0 Å². The topological polar surface area (TPSA) is 34.0 Å². The summed E-state index contributed by atoms with van der Waals surface area (Å²) in [6.45, 7) is 0. The number of hydrogen-bond acceptors (Lipinski definition) is 1. The molecule has 0 saturated heterocycles. The first-order valence-electron chi connectivity index (χ1n) is 6.14. The predicted octanol–water partition coefficient (Wildman–Crippen LogP) is 2.02. The Labute approximate surface area is 96.8 Å². The van der Waals surface area contributed by atoms with Crippen molar-refractivity contribution in [1.29, 1.82) is 0 Å². The molecule has 0 unspecified atom stereocenters. The van der Waals surface area contributed by atoms with Gasteiger partial charge in [-0.1, -0.05) is 19.3 Å². The summed E-state index contributed by atoms with van der Waals surface area (Å²) in [5, 5.41) is 3.13. The summed E-state index contributed by atoms with van der Waals surface area (Å²) in [5.74, 6) is 0.165. The van der Waals surface area contributed by atoms with Crippen LogP contribution >= 0.6 is 0 Å². The largest absolute Gasteiger partial charge is 0.357 e. The van der Waals surface area contributed by atoms with E-state index in [4.69, 9.17) is 0 Å². The van der Waals surface area contributed by atoms with Crippen LogP contribution in [0.15, 0.2) is 18.5 Å². The molecule has 88 valence electrons. The standard InChI is InChI=1S/C13H20N2O/c1-15-8-7-11(10-15)9-13(16)14-12-5-3-2-4-6-12/h7-8,10,12H,2-6,9H2,1H3,(H,14,16). The number of nitrogens with zero attached hydrogens (tertiary/aromatic N) is 1. The molecule has 2 rings (SSSR count). The van der Waals surface area contributed by atoms with E-state index in [2.05, 4.69) is 5.32 Å². The Kier molecular flexibility index (Phi) is 3.65. The Morgan fingerprint density at radius 2 is 2.19 bits per heavy atom. The minimum absolute atomic E-state index is 0.165. The monoisotopic (exact) mass is 220 g/mol. The van der Waals surface area contributed by atoms with Crippen molar-refractivity contribution in [2.75, 3.05) is 0 Å².